The summed E-state index contributed by atoms with van der Waals surface area (Å²) >= 11 is 0. The molecule has 106 valence electrons. The molecule has 0 saturated carbocycles. The lowest BCUT2D eigenvalue weighted by Gasteiger charge is -2.08. The normalized spacial score (nSPS) is 10.8. The van der Waals surface area contributed by atoms with Crippen molar-refractivity contribution in [3.63, 3.8) is 0 Å². The molecule has 6 nitrogen and oxygen atoms in total. The summed E-state index contributed by atoms with van der Waals surface area (Å²) in [6, 6.07) is 6.15. The quantitative estimate of drug-likeness (QED) is 0.778. The first-order chi connectivity index (χ1) is 10.1. The maximum absolute atomic E-state index is 14.1. The van der Waals surface area contributed by atoms with Gasteiger partial charge in [-0.1, -0.05) is 6.07 Å². The van der Waals surface area contributed by atoms with Crippen molar-refractivity contribution in [3.8, 4) is 17.1 Å². The van der Waals surface area contributed by atoms with Crippen molar-refractivity contribution in [2.75, 3.05) is 5.73 Å². The number of benzene rings is 1. The fraction of sp³-hybridized carbons (Fsp3) is 0.0769. The molecule has 0 aliphatic heterocycles. The molecule has 0 aliphatic carbocycles. The zero-order valence-electron chi connectivity index (χ0n) is 11.0. The molecule has 0 aliphatic rings. The third-order valence-electron chi connectivity index (χ3n) is 3.03. The van der Waals surface area contributed by atoms with Crippen LogP contribution in [0, 0.1) is 18.6 Å². The maximum atomic E-state index is 14.1. The maximum Gasteiger partial charge on any atom is 0.190 e. The topological polar surface area (TPSA) is 82.5 Å². The van der Waals surface area contributed by atoms with Crippen molar-refractivity contribution in [2.24, 2.45) is 0 Å². The van der Waals surface area contributed by atoms with E-state index in [-0.39, 0.29) is 22.9 Å². The standard InChI is InChI=1S/C13H10F2N6/c1-7-4-5-9(11(15)10(7)14)21-13(18-19-20-21)8-3-2-6-17-12(8)16/h2-6H,1H3,(H2,16,17). The number of hydrogen-bond acceptors (Lipinski definition) is 5. The molecule has 2 aromatic heterocycles. The molecule has 0 unspecified atom stereocenters. The lowest BCUT2D eigenvalue weighted by Crippen LogP contribution is -2.06. The van der Waals surface area contributed by atoms with Crippen LogP contribution in [-0.2, 0) is 0 Å². The molecule has 8 heteroatoms. The van der Waals surface area contributed by atoms with Crippen LogP contribution in [0.1, 0.15) is 5.56 Å². The highest BCUT2D eigenvalue weighted by Gasteiger charge is 2.19. The number of rotatable bonds is 2. The minimum absolute atomic E-state index is 0.0960. The number of halogens is 2. The molecule has 2 N–H and O–H groups in total. The molecule has 0 fully saturated rings. The van der Waals surface area contributed by atoms with E-state index in [1.54, 1.807) is 12.1 Å². The smallest absolute Gasteiger partial charge is 0.190 e. The average molecular weight is 288 g/mol. The Kier molecular flexibility index (Phi) is 3.05. The summed E-state index contributed by atoms with van der Waals surface area (Å²) in [7, 11) is 0. The van der Waals surface area contributed by atoms with Gasteiger partial charge in [-0.05, 0) is 41.1 Å². The molecule has 1 aromatic carbocycles. The third-order valence-corrected chi connectivity index (χ3v) is 3.03. The molecule has 21 heavy (non-hydrogen) atoms. The zero-order valence-corrected chi connectivity index (χ0v) is 11.0. The summed E-state index contributed by atoms with van der Waals surface area (Å²) in [4.78, 5) is 3.93. The fourth-order valence-electron chi connectivity index (χ4n) is 1.92. The number of anilines is 1. The summed E-state index contributed by atoms with van der Waals surface area (Å²) in [5.74, 6) is -1.58. The minimum atomic E-state index is -1.02. The Morgan fingerprint density at radius 1 is 1.14 bits per heavy atom. The summed E-state index contributed by atoms with van der Waals surface area (Å²) in [6.45, 7) is 1.47. The zero-order chi connectivity index (χ0) is 15.0. The van der Waals surface area contributed by atoms with Crippen molar-refractivity contribution in [3.05, 3.63) is 47.7 Å². The number of hydrogen-bond donors (Lipinski definition) is 1. The Morgan fingerprint density at radius 2 is 1.95 bits per heavy atom. The van der Waals surface area contributed by atoms with Gasteiger partial charge < -0.3 is 5.73 Å². The van der Waals surface area contributed by atoms with E-state index in [0.717, 1.165) is 4.68 Å². The van der Waals surface area contributed by atoms with Gasteiger partial charge in [-0.25, -0.2) is 13.8 Å². The fourth-order valence-corrected chi connectivity index (χ4v) is 1.92. The van der Waals surface area contributed by atoms with E-state index in [4.69, 9.17) is 5.73 Å². The number of nitrogen functional groups attached to an aromatic ring is 1. The van der Waals surface area contributed by atoms with Crippen LogP contribution in [0.2, 0.25) is 0 Å². The van der Waals surface area contributed by atoms with Gasteiger partial charge in [0.15, 0.2) is 17.5 Å². The van der Waals surface area contributed by atoms with Gasteiger partial charge in [0.2, 0.25) is 0 Å². The van der Waals surface area contributed by atoms with Gasteiger partial charge in [0.05, 0.1) is 5.56 Å². The first-order valence-electron chi connectivity index (χ1n) is 6.04. The number of aryl methyl sites for hydroxylation is 1. The van der Waals surface area contributed by atoms with E-state index < -0.39 is 11.6 Å². The summed E-state index contributed by atoms with van der Waals surface area (Å²) in [5, 5.41) is 11.0. The van der Waals surface area contributed by atoms with E-state index in [0.29, 0.717) is 5.56 Å². The number of nitrogens with two attached hydrogens (primary N) is 1. The lowest BCUT2D eigenvalue weighted by atomic mass is 10.2. The predicted octanol–water partition coefficient (Wildman–Crippen LogP) is 1.89. The largest absolute Gasteiger partial charge is 0.383 e. The van der Waals surface area contributed by atoms with Gasteiger partial charge in [0.25, 0.3) is 0 Å². The number of tetrazole rings is 1. The average Bonchev–Trinajstić information content (AvgIpc) is 2.94. The number of nitrogens with zero attached hydrogens (tertiary/aromatic N) is 5. The highest BCUT2D eigenvalue weighted by Crippen LogP contribution is 2.25. The van der Waals surface area contributed by atoms with Crippen molar-refractivity contribution in [2.45, 2.75) is 6.92 Å². The van der Waals surface area contributed by atoms with Crippen LogP contribution in [0.15, 0.2) is 30.5 Å². The van der Waals surface area contributed by atoms with Gasteiger partial charge in [-0.3, -0.25) is 0 Å². The second-order valence-electron chi connectivity index (χ2n) is 4.38. The Morgan fingerprint density at radius 3 is 2.71 bits per heavy atom. The van der Waals surface area contributed by atoms with Crippen LogP contribution in [0.5, 0.6) is 0 Å². The number of aromatic nitrogens is 5. The summed E-state index contributed by atoms with van der Waals surface area (Å²) in [5.41, 5.74) is 6.30. The van der Waals surface area contributed by atoms with Crippen LogP contribution in [-0.4, -0.2) is 25.2 Å². The number of pyridine rings is 1. The van der Waals surface area contributed by atoms with Crippen LogP contribution >= 0.6 is 0 Å². The molecule has 2 heterocycles. The van der Waals surface area contributed by atoms with E-state index in [2.05, 4.69) is 20.5 Å². The Hall–Kier alpha value is -2.90. The second kappa shape index (κ2) is 4.89. The van der Waals surface area contributed by atoms with E-state index in [9.17, 15) is 8.78 Å². The van der Waals surface area contributed by atoms with Crippen LogP contribution in [0.25, 0.3) is 17.1 Å². The highest BCUT2D eigenvalue weighted by atomic mass is 19.2. The van der Waals surface area contributed by atoms with Gasteiger partial charge in [0.1, 0.15) is 11.5 Å². The monoisotopic (exact) mass is 288 g/mol. The van der Waals surface area contributed by atoms with Crippen molar-refractivity contribution in [1.29, 1.82) is 0 Å². The van der Waals surface area contributed by atoms with Crippen molar-refractivity contribution >= 4 is 5.82 Å². The van der Waals surface area contributed by atoms with Gasteiger partial charge in [-0.2, -0.15) is 4.68 Å². The molecular weight excluding hydrogens is 278 g/mol. The second-order valence-corrected chi connectivity index (χ2v) is 4.38. The molecule has 3 rings (SSSR count). The molecule has 0 saturated heterocycles. The Balaban J connectivity index is 2.21. The summed E-state index contributed by atoms with van der Waals surface area (Å²) < 4.78 is 28.9. The SMILES string of the molecule is Cc1ccc(-n2nnnc2-c2cccnc2N)c(F)c1F. The Labute approximate surface area is 118 Å². The molecule has 0 atom stereocenters. The molecule has 3 aromatic rings. The van der Waals surface area contributed by atoms with E-state index in [1.165, 1.54) is 25.3 Å². The first-order valence-corrected chi connectivity index (χ1v) is 6.04. The Bertz CT molecular complexity index is 814. The van der Waals surface area contributed by atoms with Crippen molar-refractivity contribution < 1.29 is 8.78 Å². The first kappa shape index (κ1) is 13.1. The third kappa shape index (κ3) is 2.10. The predicted molar refractivity (Wildman–Crippen MR) is 71.5 cm³/mol. The molecule has 0 radical (unpaired) electrons. The highest BCUT2D eigenvalue weighted by molar-refractivity contribution is 5.68. The summed E-state index contributed by atoms with van der Waals surface area (Å²) in [6.07, 6.45) is 1.51. The van der Waals surface area contributed by atoms with E-state index >= 15 is 0 Å². The minimum Gasteiger partial charge on any atom is -0.383 e. The van der Waals surface area contributed by atoms with Crippen LogP contribution in [0.3, 0.4) is 0 Å². The van der Waals surface area contributed by atoms with E-state index in [1.807, 2.05) is 0 Å². The lowest BCUT2D eigenvalue weighted by molar-refractivity contribution is 0.495. The van der Waals surface area contributed by atoms with Gasteiger partial charge >= 0.3 is 0 Å². The molecule has 0 spiro atoms. The molecule has 0 bridgehead atoms. The molecule has 0 amide bonds. The van der Waals surface area contributed by atoms with Crippen molar-refractivity contribution in [1.82, 2.24) is 25.2 Å². The van der Waals surface area contributed by atoms with Crippen LogP contribution < -0.4 is 5.73 Å². The molecular formula is C13H10F2N6. The van der Waals surface area contributed by atoms with Gasteiger partial charge in [0, 0.05) is 6.20 Å². The van der Waals surface area contributed by atoms with Crippen LogP contribution in [0.4, 0.5) is 14.6 Å². The van der Waals surface area contributed by atoms with Gasteiger partial charge in [-0.15, -0.1) is 5.10 Å².